The first-order chi connectivity index (χ1) is 14.6. The van der Waals surface area contributed by atoms with Gasteiger partial charge in [-0.2, -0.15) is 0 Å². The molecule has 1 fully saturated rings. The molecule has 1 heterocycles. The van der Waals surface area contributed by atoms with Crippen molar-refractivity contribution in [2.45, 2.75) is 84.1 Å². The largest absolute Gasteiger partial charge is 0.480 e. The molecule has 186 valence electrons. The van der Waals surface area contributed by atoms with Gasteiger partial charge in [0.1, 0.15) is 11.2 Å². The summed E-state index contributed by atoms with van der Waals surface area (Å²) in [4.78, 5) is 38.2. The van der Waals surface area contributed by atoms with Gasteiger partial charge in [-0.15, -0.1) is 0 Å². The minimum Gasteiger partial charge on any atom is -0.480 e. The molecular weight excluding hydrogens is 439 g/mol. The number of nitrogens with zero attached hydrogens (tertiary/aromatic N) is 1. The van der Waals surface area contributed by atoms with E-state index in [-0.39, 0.29) is 32.3 Å². The van der Waals surface area contributed by atoms with Crippen molar-refractivity contribution in [3.05, 3.63) is 0 Å². The van der Waals surface area contributed by atoms with Crippen LogP contribution >= 0.6 is 7.37 Å². The molecule has 0 aromatic rings. The lowest BCUT2D eigenvalue weighted by atomic mass is 10.0. The molecule has 0 aliphatic carbocycles. The molecule has 0 bridgehead atoms. The zero-order valence-electron chi connectivity index (χ0n) is 20.4. The van der Waals surface area contributed by atoms with E-state index in [1.165, 1.54) is 0 Å². The predicted molar refractivity (Wildman–Crippen MR) is 120 cm³/mol. The highest BCUT2D eigenvalue weighted by Crippen LogP contribution is 2.62. The fourth-order valence-electron chi connectivity index (χ4n) is 3.42. The number of carbonyl (C=O) groups excluding carboxylic acids is 2. The number of unbranched alkanes of at least 4 members (excludes halogenated alkanes) is 1. The van der Waals surface area contributed by atoms with E-state index in [0.717, 1.165) is 4.90 Å². The number of hydrogen-bond acceptors (Lipinski definition) is 8. The molecule has 0 aromatic carbocycles. The number of nitrogens with one attached hydrogen (secondary N) is 1. The predicted octanol–water partition coefficient (Wildman–Crippen LogP) is 4.07. The quantitative estimate of drug-likeness (QED) is 0.391. The first kappa shape index (κ1) is 28.4. The molecule has 2 amide bonds. The van der Waals surface area contributed by atoms with Gasteiger partial charge in [0.2, 0.25) is 7.37 Å². The average molecular weight is 479 g/mol. The third-order valence-corrected chi connectivity index (χ3v) is 8.20. The van der Waals surface area contributed by atoms with Crippen molar-refractivity contribution < 1.29 is 38.1 Å². The van der Waals surface area contributed by atoms with Gasteiger partial charge in [0.05, 0.1) is 6.61 Å². The Labute approximate surface area is 190 Å². The molecule has 1 saturated heterocycles. The zero-order valence-corrected chi connectivity index (χ0v) is 21.3. The number of amides is 2. The lowest BCUT2D eigenvalue weighted by molar-refractivity contribution is -0.140. The second-order valence-electron chi connectivity index (χ2n) is 9.90. The minimum atomic E-state index is -3.43. The minimum absolute atomic E-state index is 0.0219. The van der Waals surface area contributed by atoms with E-state index < -0.39 is 41.9 Å². The number of rotatable bonds is 8. The maximum Gasteiger partial charge on any atom is 0.419 e. The molecule has 2 atom stereocenters. The third kappa shape index (κ3) is 7.74. The molecule has 0 radical (unpaired) electrons. The fourth-order valence-corrected chi connectivity index (χ4v) is 6.23. The summed E-state index contributed by atoms with van der Waals surface area (Å²) in [7, 11) is -3.43. The van der Waals surface area contributed by atoms with Crippen LogP contribution in [0.25, 0.3) is 0 Å². The SMILES string of the molecule is CCOP1(=O)CCNCC1(CCCCN(C(=O)OC(C)(C)C)C(=O)OC(C)(C)C)C(=O)O. The Balaban J connectivity index is 2.93. The summed E-state index contributed by atoms with van der Waals surface area (Å²) in [5.41, 5.74) is -1.61. The lowest BCUT2D eigenvalue weighted by Crippen LogP contribution is -2.53. The lowest BCUT2D eigenvalue weighted by Gasteiger charge is -2.40. The van der Waals surface area contributed by atoms with Gasteiger partial charge in [-0.05, 0) is 67.7 Å². The first-order valence-corrected chi connectivity index (χ1v) is 12.8. The van der Waals surface area contributed by atoms with Crippen LogP contribution in [0.1, 0.15) is 67.7 Å². The van der Waals surface area contributed by atoms with E-state index in [2.05, 4.69) is 5.32 Å². The smallest absolute Gasteiger partial charge is 0.419 e. The van der Waals surface area contributed by atoms with Crippen LogP contribution in [-0.4, -0.2) is 76.9 Å². The Morgan fingerprint density at radius 3 is 2.00 bits per heavy atom. The van der Waals surface area contributed by atoms with Crippen molar-refractivity contribution >= 4 is 25.5 Å². The van der Waals surface area contributed by atoms with E-state index >= 15 is 0 Å². The summed E-state index contributed by atoms with van der Waals surface area (Å²) in [6.07, 6.45) is -0.830. The van der Waals surface area contributed by atoms with E-state index in [0.29, 0.717) is 19.4 Å². The summed E-state index contributed by atoms with van der Waals surface area (Å²) >= 11 is 0. The third-order valence-electron chi connectivity index (χ3n) is 4.84. The molecule has 11 heteroatoms. The fraction of sp³-hybridized carbons (Fsp3) is 0.857. The van der Waals surface area contributed by atoms with E-state index in [1.807, 2.05) is 0 Å². The summed E-state index contributed by atoms with van der Waals surface area (Å²) in [5.74, 6) is -1.17. The van der Waals surface area contributed by atoms with Crippen LogP contribution in [0.15, 0.2) is 0 Å². The van der Waals surface area contributed by atoms with Crippen LogP contribution in [0.4, 0.5) is 9.59 Å². The van der Waals surface area contributed by atoms with Gasteiger partial charge in [-0.25, -0.2) is 14.5 Å². The highest BCUT2D eigenvalue weighted by Gasteiger charge is 2.56. The molecule has 0 spiro atoms. The van der Waals surface area contributed by atoms with Gasteiger partial charge < -0.3 is 24.4 Å². The Morgan fingerprint density at radius 2 is 1.56 bits per heavy atom. The maximum atomic E-state index is 13.4. The van der Waals surface area contributed by atoms with E-state index in [9.17, 15) is 24.1 Å². The molecule has 2 N–H and O–H groups in total. The van der Waals surface area contributed by atoms with Gasteiger partial charge >= 0.3 is 18.2 Å². The molecule has 32 heavy (non-hydrogen) atoms. The Morgan fingerprint density at radius 1 is 1.03 bits per heavy atom. The van der Waals surface area contributed by atoms with Crippen molar-refractivity contribution in [1.82, 2.24) is 10.2 Å². The van der Waals surface area contributed by atoms with Gasteiger partial charge in [0.25, 0.3) is 0 Å². The number of carbonyl (C=O) groups is 3. The van der Waals surface area contributed by atoms with Crippen LogP contribution in [-0.2, 0) is 23.4 Å². The number of ether oxygens (including phenoxy) is 2. The van der Waals surface area contributed by atoms with Crippen LogP contribution in [0.3, 0.4) is 0 Å². The summed E-state index contributed by atoms with van der Waals surface area (Å²) in [5, 5.41) is 11.4. The Kier molecular flexibility index (Phi) is 9.75. The number of hydrogen-bond donors (Lipinski definition) is 2. The highest BCUT2D eigenvalue weighted by molar-refractivity contribution is 7.62. The van der Waals surface area contributed by atoms with E-state index in [4.69, 9.17) is 14.0 Å². The van der Waals surface area contributed by atoms with Crippen LogP contribution < -0.4 is 5.32 Å². The Bertz CT molecular complexity index is 694. The summed E-state index contributed by atoms with van der Waals surface area (Å²) < 4.78 is 29.5. The van der Waals surface area contributed by atoms with Crippen molar-refractivity contribution in [2.75, 3.05) is 32.4 Å². The molecule has 0 aromatic heterocycles. The molecule has 1 aliphatic rings. The maximum absolute atomic E-state index is 13.4. The average Bonchev–Trinajstić information content (AvgIpc) is 2.59. The van der Waals surface area contributed by atoms with E-state index in [1.54, 1.807) is 48.5 Å². The van der Waals surface area contributed by atoms with Crippen LogP contribution in [0.5, 0.6) is 0 Å². The number of carboxylic acid groups (broad SMARTS) is 1. The summed E-state index contributed by atoms with van der Waals surface area (Å²) in [6.45, 7) is 12.4. The molecule has 0 saturated carbocycles. The second-order valence-corrected chi connectivity index (χ2v) is 12.8. The van der Waals surface area contributed by atoms with Crippen molar-refractivity contribution in [3.8, 4) is 0 Å². The zero-order chi connectivity index (χ0) is 24.8. The monoisotopic (exact) mass is 478 g/mol. The van der Waals surface area contributed by atoms with Crippen molar-refractivity contribution in [3.63, 3.8) is 0 Å². The van der Waals surface area contributed by atoms with Gasteiger partial charge in [-0.3, -0.25) is 9.36 Å². The van der Waals surface area contributed by atoms with Crippen molar-refractivity contribution in [1.29, 1.82) is 0 Å². The van der Waals surface area contributed by atoms with Gasteiger partial charge in [0.15, 0.2) is 5.16 Å². The van der Waals surface area contributed by atoms with Crippen LogP contribution in [0, 0.1) is 0 Å². The van der Waals surface area contributed by atoms with Gasteiger partial charge in [-0.1, -0.05) is 0 Å². The first-order valence-electron chi connectivity index (χ1n) is 11.0. The summed E-state index contributed by atoms with van der Waals surface area (Å²) in [6, 6.07) is 0. The topological polar surface area (TPSA) is 131 Å². The van der Waals surface area contributed by atoms with Gasteiger partial charge in [0, 0.05) is 25.8 Å². The Hall–Kier alpha value is -1.64. The van der Waals surface area contributed by atoms with Crippen LogP contribution in [0.2, 0.25) is 0 Å². The van der Waals surface area contributed by atoms with Crippen molar-refractivity contribution in [2.24, 2.45) is 0 Å². The highest BCUT2D eigenvalue weighted by atomic mass is 31.2. The number of carboxylic acids is 1. The second kappa shape index (κ2) is 11.0. The molecule has 1 aliphatic heterocycles. The molecular formula is C21H39N2O8P. The molecule has 10 nitrogen and oxygen atoms in total. The molecule has 1 rings (SSSR count). The number of imide groups is 1. The number of aliphatic carboxylic acids is 1. The standard InChI is InChI=1S/C21H39N2O8P/c1-8-29-32(28)14-12-22-15-21(32,16(24)25)11-9-10-13-23(17(26)30-19(2,3)4)18(27)31-20(5,6)7/h22H,8-15H2,1-7H3,(H,24,25). The normalized spacial score (nSPS) is 24.0. The molecule has 2 unspecified atom stereocenters.